The van der Waals surface area contributed by atoms with E-state index >= 15 is 0 Å². The first-order chi connectivity index (χ1) is 15.0. The van der Waals surface area contributed by atoms with Crippen molar-refractivity contribution in [3.8, 4) is 0 Å². The van der Waals surface area contributed by atoms with E-state index < -0.39 is 6.10 Å². The molecule has 1 atom stereocenters. The summed E-state index contributed by atoms with van der Waals surface area (Å²) in [5.41, 5.74) is 1.91. The SMILES string of the molecule is CCOC(=O)C1CCN(CC(O)COC(c2ccc(Cl)cc2)c2ccc(Cl)cc2)CC1. The number of carbonyl (C=O) groups excluding carboxylic acids is 1. The molecule has 5 nitrogen and oxygen atoms in total. The summed E-state index contributed by atoms with van der Waals surface area (Å²) in [7, 11) is 0. The van der Waals surface area contributed by atoms with Gasteiger partial charge in [-0.05, 0) is 68.2 Å². The van der Waals surface area contributed by atoms with Crippen LogP contribution in [0, 0.1) is 5.92 Å². The summed E-state index contributed by atoms with van der Waals surface area (Å²) in [6.45, 7) is 4.45. The van der Waals surface area contributed by atoms with Crippen LogP contribution in [0.1, 0.15) is 37.0 Å². The first-order valence-electron chi connectivity index (χ1n) is 10.7. The third-order valence-corrected chi connectivity index (χ3v) is 5.98. The van der Waals surface area contributed by atoms with Crippen LogP contribution in [0.5, 0.6) is 0 Å². The van der Waals surface area contributed by atoms with Gasteiger partial charge >= 0.3 is 5.97 Å². The third kappa shape index (κ3) is 7.19. The van der Waals surface area contributed by atoms with Crippen molar-refractivity contribution in [2.24, 2.45) is 5.92 Å². The van der Waals surface area contributed by atoms with Gasteiger partial charge in [-0.3, -0.25) is 4.79 Å². The fourth-order valence-corrected chi connectivity index (χ4v) is 4.08. The Labute approximate surface area is 193 Å². The molecule has 2 aromatic rings. The number of likely N-dealkylation sites (tertiary alicyclic amines) is 1. The van der Waals surface area contributed by atoms with Gasteiger partial charge in [0, 0.05) is 16.6 Å². The van der Waals surface area contributed by atoms with Crippen LogP contribution in [-0.2, 0) is 14.3 Å². The van der Waals surface area contributed by atoms with E-state index in [1.54, 1.807) is 0 Å². The zero-order chi connectivity index (χ0) is 22.2. The maximum atomic E-state index is 11.9. The minimum atomic E-state index is -0.638. The Hall–Kier alpha value is -1.63. The summed E-state index contributed by atoms with van der Waals surface area (Å²) in [4.78, 5) is 14.1. The molecule has 0 aromatic heterocycles. The molecule has 0 bridgehead atoms. The van der Waals surface area contributed by atoms with E-state index in [2.05, 4.69) is 4.90 Å². The second-order valence-corrected chi connectivity index (χ2v) is 8.67. The van der Waals surface area contributed by atoms with E-state index in [4.69, 9.17) is 32.7 Å². The Kier molecular flexibility index (Phi) is 9.17. The van der Waals surface area contributed by atoms with Crippen molar-refractivity contribution in [1.29, 1.82) is 0 Å². The van der Waals surface area contributed by atoms with Crippen molar-refractivity contribution in [1.82, 2.24) is 4.90 Å². The minimum absolute atomic E-state index is 0.0382. The molecule has 0 aliphatic carbocycles. The van der Waals surface area contributed by atoms with Crippen LogP contribution in [0.25, 0.3) is 0 Å². The van der Waals surface area contributed by atoms with E-state index in [1.807, 2.05) is 55.5 Å². The lowest BCUT2D eigenvalue weighted by Gasteiger charge is -2.32. The number of carbonyl (C=O) groups is 1. The normalized spacial score (nSPS) is 16.4. The lowest BCUT2D eigenvalue weighted by molar-refractivity contribution is -0.149. The van der Waals surface area contributed by atoms with Crippen molar-refractivity contribution in [3.05, 3.63) is 69.7 Å². The van der Waals surface area contributed by atoms with Crippen molar-refractivity contribution in [2.75, 3.05) is 32.8 Å². The molecule has 3 rings (SSSR count). The highest BCUT2D eigenvalue weighted by Crippen LogP contribution is 2.28. The number of nitrogens with zero attached hydrogens (tertiary/aromatic N) is 1. The zero-order valence-corrected chi connectivity index (χ0v) is 19.2. The van der Waals surface area contributed by atoms with Gasteiger partial charge in [0.25, 0.3) is 0 Å². The highest BCUT2D eigenvalue weighted by Gasteiger charge is 2.27. The van der Waals surface area contributed by atoms with Crippen molar-refractivity contribution < 1.29 is 19.4 Å². The van der Waals surface area contributed by atoms with E-state index in [0.717, 1.165) is 37.1 Å². The van der Waals surface area contributed by atoms with E-state index in [-0.39, 0.29) is 24.6 Å². The predicted molar refractivity (Wildman–Crippen MR) is 123 cm³/mol. The Morgan fingerprint density at radius 1 is 1.03 bits per heavy atom. The molecule has 1 aliphatic rings. The van der Waals surface area contributed by atoms with Crippen molar-refractivity contribution >= 4 is 29.2 Å². The van der Waals surface area contributed by atoms with Gasteiger partial charge in [-0.2, -0.15) is 0 Å². The first-order valence-corrected chi connectivity index (χ1v) is 11.4. The van der Waals surface area contributed by atoms with Gasteiger partial charge in [0.1, 0.15) is 6.10 Å². The van der Waals surface area contributed by atoms with Crippen LogP contribution in [-0.4, -0.2) is 54.9 Å². The predicted octanol–water partition coefficient (Wildman–Crippen LogP) is 4.74. The molecule has 168 valence electrons. The van der Waals surface area contributed by atoms with Crippen LogP contribution < -0.4 is 0 Å². The molecular weight excluding hydrogens is 437 g/mol. The number of aliphatic hydroxyl groups is 1. The quantitative estimate of drug-likeness (QED) is 0.542. The third-order valence-electron chi connectivity index (χ3n) is 5.48. The molecule has 1 N–H and O–H groups in total. The van der Waals surface area contributed by atoms with Crippen LogP contribution in [0.4, 0.5) is 0 Å². The number of β-amino-alcohol motifs (C(OH)–C–C–N with tert-alkyl or cyclic N) is 1. The van der Waals surface area contributed by atoms with Crippen molar-refractivity contribution in [2.45, 2.75) is 32.0 Å². The molecule has 0 amide bonds. The molecule has 0 radical (unpaired) electrons. The number of ether oxygens (including phenoxy) is 2. The minimum Gasteiger partial charge on any atom is -0.466 e. The molecule has 1 unspecified atom stereocenters. The fraction of sp³-hybridized carbons (Fsp3) is 0.458. The van der Waals surface area contributed by atoms with Crippen LogP contribution in [0.3, 0.4) is 0 Å². The van der Waals surface area contributed by atoms with Gasteiger partial charge in [-0.15, -0.1) is 0 Å². The van der Waals surface area contributed by atoms with E-state index in [0.29, 0.717) is 23.2 Å². The zero-order valence-electron chi connectivity index (χ0n) is 17.7. The number of hydrogen-bond donors (Lipinski definition) is 1. The van der Waals surface area contributed by atoms with Crippen LogP contribution in [0.15, 0.2) is 48.5 Å². The summed E-state index contributed by atoms with van der Waals surface area (Å²) < 4.78 is 11.3. The number of aliphatic hydroxyl groups excluding tert-OH is 1. The lowest BCUT2D eigenvalue weighted by atomic mass is 9.97. The average Bonchev–Trinajstić information content (AvgIpc) is 2.77. The number of benzene rings is 2. The molecule has 7 heteroatoms. The van der Waals surface area contributed by atoms with Crippen molar-refractivity contribution in [3.63, 3.8) is 0 Å². The maximum absolute atomic E-state index is 11.9. The monoisotopic (exact) mass is 465 g/mol. The molecule has 0 saturated carbocycles. The molecule has 1 heterocycles. The second kappa shape index (κ2) is 11.8. The smallest absolute Gasteiger partial charge is 0.309 e. The van der Waals surface area contributed by atoms with Gasteiger partial charge in [0.15, 0.2) is 0 Å². The largest absolute Gasteiger partial charge is 0.466 e. The summed E-state index contributed by atoms with van der Waals surface area (Å²) in [6, 6.07) is 15.0. The molecule has 2 aromatic carbocycles. The number of rotatable bonds is 9. The standard InChI is InChI=1S/C24H29Cl2NO4/c1-2-30-24(29)19-11-13-27(14-12-19)15-22(28)16-31-23(17-3-7-20(25)8-4-17)18-5-9-21(26)10-6-18/h3-10,19,22-23,28H,2,11-16H2,1H3. The summed E-state index contributed by atoms with van der Waals surface area (Å²) in [5, 5.41) is 11.9. The molecule has 1 fully saturated rings. The van der Waals surface area contributed by atoms with E-state index in [9.17, 15) is 9.90 Å². The first kappa shape index (κ1) is 24.0. The topological polar surface area (TPSA) is 59.0 Å². The molecule has 1 aliphatic heterocycles. The number of hydrogen-bond acceptors (Lipinski definition) is 5. The van der Waals surface area contributed by atoms with Gasteiger partial charge in [0.2, 0.25) is 0 Å². The highest BCUT2D eigenvalue weighted by atomic mass is 35.5. The Morgan fingerprint density at radius 2 is 1.55 bits per heavy atom. The fourth-order valence-electron chi connectivity index (χ4n) is 3.83. The summed E-state index contributed by atoms with van der Waals surface area (Å²) in [6.07, 6.45) is 0.537. The number of piperidine rings is 1. The Balaban J connectivity index is 1.55. The number of esters is 1. The Morgan fingerprint density at radius 3 is 2.03 bits per heavy atom. The van der Waals surface area contributed by atoms with Gasteiger partial charge in [0.05, 0.1) is 25.2 Å². The van der Waals surface area contributed by atoms with Gasteiger partial charge < -0.3 is 19.5 Å². The maximum Gasteiger partial charge on any atom is 0.309 e. The summed E-state index contributed by atoms with van der Waals surface area (Å²) in [5.74, 6) is -0.149. The number of halogens is 2. The van der Waals surface area contributed by atoms with Crippen LogP contribution in [0.2, 0.25) is 10.0 Å². The second-order valence-electron chi connectivity index (χ2n) is 7.80. The Bertz CT molecular complexity index is 775. The highest BCUT2D eigenvalue weighted by molar-refractivity contribution is 6.30. The molecule has 31 heavy (non-hydrogen) atoms. The summed E-state index contributed by atoms with van der Waals surface area (Å²) >= 11 is 12.1. The van der Waals surface area contributed by atoms with Gasteiger partial charge in [-0.25, -0.2) is 0 Å². The van der Waals surface area contributed by atoms with Gasteiger partial charge in [-0.1, -0.05) is 47.5 Å². The van der Waals surface area contributed by atoms with Crippen LogP contribution >= 0.6 is 23.2 Å². The molecule has 0 spiro atoms. The average molecular weight is 466 g/mol. The van der Waals surface area contributed by atoms with E-state index in [1.165, 1.54) is 0 Å². The molecular formula is C24H29Cl2NO4. The lowest BCUT2D eigenvalue weighted by Crippen LogP contribution is -2.42. The molecule has 1 saturated heterocycles.